The smallest absolute Gasteiger partial charge is 0.341 e. The first kappa shape index (κ1) is 25.0. The summed E-state index contributed by atoms with van der Waals surface area (Å²) in [7, 11) is 1.38. The highest BCUT2D eigenvalue weighted by atomic mass is 32.1. The fourth-order valence-corrected chi connectivity index (χ4v) is 6.69. The number of carbonyl (C=O) groups is 3. The van der Waals surface area contributed by atoms with Crippen molar-refractivity contribution in [2.45, 2.75) is 39.5 Å². The van der Waals surface area contributed by atoms with Crippen LogP contribution in [0.4, 0.5) is 10.1 Å². The number of thiocarbonyl (C=S) groups is 1. The van der Waals surface area contributed by atoms with E-state index in [1.54, 1.807) is 17.4 Å². The molecule has 0 bridgehead atoms. The molecule has 37 heavy (non-hydrogen) atoms. The molecule has 0 saturated carbocycles. The molecule has 3 aromatic rings. The number of ether oxygens (including phenoxy) is 1. The number of anilines is 1. The Morgan fingerprint density at radius 2 is 1.92 bits per heavy atom. The van der Waals surface area contributed by atoms with Crippen molar-refractivity contribution in [3.63, 3.8) is 0 Å². The number of rotatable bonds is 4. The maximum Gasteiger partial charge on any atom is 0.341 e. The lowest BCUT2D eigenvalue weighted by molar-refractivity contribution is -0.122. The highest BCUT2D eigenvalue weighted by molar-refractivity contribution is 7.80. The van der Waals surface area contributed by atoms with E-state index in [2.05, 4.69) is 5.32 Å². The van der Waals surface area contributed by atoms with Gasteiger partial charge in [0, 0.05) is 16.3 Å². The monoisotopic (exact) mass is 537 g/mol. The van der Waals surface area contributed by atoms with E-state index >= 15 is 0 Å². The highest BCUT2D eigenvalue weighted by Crippen LogP contribution is 2.39. The van der Waals surface area contributed by atoms with Crippen LogP contribution in [-0.4, -0.2) is 34.6 Å². The fourth-order valence-electron chi connectivity index (χ4n) is 4.93. The molecule has 1 saturated heterocycles. The van der Waals surface area contributed by atoms with Crippen LogP contribution in [0.25, 0.3) is 11.1 Å². The van der Waals surface area contributed by atoms with Gasteiger partial charge in [-0.3, -0.25) is 14.9 Å². The SMILES string of the molecule is COC(=O)c1c(-n2c(C)cc(/C=C3\C(=O)NC(=S)N(c4ccccc4F)C3=O)c2C)sc2c1CCCC2. The minimum absolute atomic E-state index is 0.0410. The predicted molar refractivity (Wildman–Crippen MR) is 144 cm³/mol. The van der Waals surface area contributed by atoms with Crippen LogP contribution in [0.3, 0.4) is 0 Å². The standard InChI is InChI=1S/C27H24FN3O4S2/c1-14-12-16(13-18-23(32)29-27(36)31(24(18)33)20-10-6-5-9-19(20)28)15(2)30(14)25-22(26(34)35-3)17-8-4-7-11-21(17)37-25/h5-6,9-10,12-13H,4,7-8,11H2,1-3H3,(H,29,32,36)/b18-13+. The molecule has 2 amide bonds. The van der Waals surface area contributed by atoms with Crippen LogP contribution in [0.1, 0.15) is 50.6 Å². The number of aryl methyl sites for hydroxylation is 2. The summed E-state index contributed by atoms with van der Waals surface area (Å²) in [6.07, 6.45) is 5.32. The van der Waals surface area contributed by atoms with Crippen LogP contribution in [0.2, 0.25) is 0 Å². The lowest BCUT2D eigenvalue weighted by Crippen LogP contribution is -2.54. The Bertz CT molecular complexity index is 1520. The third-order valence-electron chi connectivity index (χ3n) is 6.71. The van der Waals surface area contributed by atoms with Crippen molar-refractivity contribution in [1.82, 2.24) is 9.88 Å². The van der Waals surface area contributed by atoms with Gasteiger partial charge in [-0.25, -0.2) is 14.1 Å². The van der Waals surface area contributed by atoms with Crippen LogP contribution in [-0.2, 0) is 27.2 Å². The van der Waals surface area contributed by atoms with Crippen molar-refractivity contribution in [2.75, 3.05) is 12.0 Å². The second-order valence-corrected chi connectivity index (χ2v) is 10.4. The van der Waals surface area contributed by atoms with Crippen LogP contribution in [0.15, 0.2) is 35.9 Å². The van der Waals surface area contributed by atoms with E-state index in [1.807, 2.05) is 24.5 Å². The average molecular weight is 538 g/mol. The van der Waals surface area contributed by atoms with Crippen molar-refractivity contribution in [3.05, 3.63) is 74.7 Å². The molecular weight excluding hydrogens is 513 g/mol. The zero-order valence-electron chi connectivity index (χ0n) is 20.5. The first-order valence-corrected chi connectivity index (χ1v) is 13.0. The number of amides is 2. The number of esters is 1. The number of carbonyl (C=O) groups excluding carboxylic acids is 3. The maximum absolute atomic E-state index is 14.5. The van der Waals surface area contributed by atoms with Crippen LogP contribution in [0.5, 0.6) is 0 Å². The number of halogens is 1. The molecule has 1 aromatic carbocycles. The van der Waals surface area contributed by atoms with Crippen molar-refractivity contribution >= 4 is 58.2 Å². The van der Waals surface area contributed by atoms with Crippen molar-refractivity contribution < 1.29 is 23.5 Å². The Kier molecular flexibility index (Phi) is 6.55. The molecular formula is C27H24FN3O4S2. The molecule has 0 atom stereocenters. The lowest BCUT2D eigenvalue weighted by Gasteiger charge is -2.29. The summed E-state index contributed by atoms with van der Waals surface area (Å²) in [5.41, 5.74) is 3.61. The number of thiophene rings is 1. The van der Waals surface area contributed by atoms with Gasteiger partial charge in [0.25, 0.3) is 11.8 Å². The van der Waals surface area contributed by atoms with E-state index in [-0.39, 0.29) is 22.3 Å². The molecule has 0 unspecified atom stereocenters. The number of nitrogens with one attached hydrogen (secondary N) is 1. The van der Waals surface area contributed by atoms with Gasteiger partial charge in [0.2, 0.25) is 0 Å². The second-order valence-electron chi connectivity index (χ2n) is 8.95. The third-order valence-corrected chi connectivity index (χ3v) is 8.27. The van der Waals surface area contributed by atoms with E-state index in [0.29, 0.717) is 11.1 Å². The van der Waals surface area contributed by atoms with E-state index in [0.717, 1.165) is 52.5 Å². The summed E-state index contributed by atoms with van der Waals surface area (Å²) in [5, 5.41) is 3.07. The summed E-state index contributed by atoms with van der Waals surface area (Å²) in [4.78, 5) is 41.1. The number of fused-ring (bicyclic) bond motifs is 1. The van der Waals surface area contributed by atoms with E-state index < -0.39 is 17.6 Å². The minimum atomic E-state index is -0.717. The lowest BCUT2D eigenvalue weighted by atomic mass is 9.95. The van der Waals surface area contributed by atoms with Crippen LogP contribution in [0, 0.1) is 19.7 Å². The van der Waals surface area contributed by atoms with E-state index in [1.165, 1.54) is 36.3 Å². The predicted octanol–water partition coefficient (Wildman–Crippen LogP) is 4.79. The minimum Gasteiger partial charge on any atom is -0.465 e. The highest BCUT2D eigenvalue weighted by Gasteiger charge is 2.36. The molecule has 7 nitrogen and oxygen atoms in total. The molecule has 1 aliphatic carbocycles. The van der Waals surface area contributed by atoms with Gasteiger partial charge in [-0.1, -0.05) is 12.1 Å². The van der Waals surface area contributed by atoms with Gasteiger partial charge >= 0.3 is 5.97 Å². The van der Waals surface area contributed by atoms with Crippen LogP contribution < -0.4 is 10.2 Å². The molecule has 1 N–H and O–H groups in total. The molecule has 3 heterocycles. The summed E-state index contributed by atoms with van der Waals surface area (Å²) in [6, 6.07) is 7.58. The number of methoxy groups -OCH3 is 1. The molecule has 0 radical (unpaired) electrons. The number of nitrogens with zero attached hydrogens (tertiary/aromatic N) is 2. The quantitative estimate of drug-likeness (QED) is 0.224. The molecule has 5 rings (SSSR count). The Labute approximate surface area is 222 Å². The van der Waals surface area contributed by atoms with Gasteiger partial charge in [-0.15, -0.1) is 11.3 Å². The third kappa shape index (κ3) is 4.19. The Morgan fingerprint density at radius 3 is 2.65 bits per heavy atom. The first-order valence-electron chi connectivity index (χ1n) is 11.8. The molecule has 0 spiro atoms. The largest absolute Gasteiger partial charge is 0.465 e. The average Bonchev–Trinajstić information content (AvgIpc) is 3.38. The number of hydrogen-bond donors (Lipinski definition) is 1. The summed E-state index contributed by atoms with van der Waals surface area (Å²) in [6.45, 7) is 3.77. The van der Waals surface area contributed by atoms with Crippen LogP contribution >= 0.6 is 23.6 Å². The van der Waals surface area contributed by atoms with Gasteiger partial charge < -0.3 is 9.30 Å². The zero-order valence-corrected chi connectivity index (χ0v) is 22.1. The van der Waals surface area contributed by atoms with Crippen molar-refractivity contribution in [1.29, 1.82) is 0 Å². The first-order chi connectivity index (χ1) is 17.7. The van der Waals surface area contributed by atoms with Gasteiger partial charge in [-0.05, 0) is 87.2 Å². The Balaban J connectivity index is 1.60. The topological polar surface area (TPSA) is 80.6 Å². The number of hydrogen-bond acceptors (Lipinski definition) is 6. The Hall–Kier alpha value is -3.63. The molecule has 2 aliphatic rings. The van der Waals surface area contributed by atoms with Gasteiger partial charge in [0.15, 0.2) is 5.11 Å². The molecule has 1 fully saturated rings. The van der Waals surface area contributed by atoms with Gasteiger partial charge in [-0.2, -0.15) is 0 Å². The number of aromatic nitrogens is 1. The Morgan fingerprint density at radius 1 is 1.19 bits per heavy atom. The molecule has 1 aliphatic heterocycles. The fraction of sp³-hybridized carbons (Fsp3) is 0.259. The number of benzene rings is 1. The summed E-state index contributed by atoms with van der Waals surface area (Å²) in [5.74, 6) is -2.39. The maximum atomic E-state index is 14.5. The normalized spacial score (nSPS) is 16.7. The van der Waals surface area contributed by atoms with E-state index in [9.17, 15) is 18.8 Å². The van der Waals surface area contributed by atoms with Gasteiger partial charge in [0.1, 0.15) is 16.4 Å². The molecule has 190 valence electrons. The molecule has 2 aromatic heterocycles. The molecule has 10 heteroatoms. The number of para-hydroxylation sites is 1. The second kappa shape index (κ2) is 9.68. The van der Waals surface area contributed by atoms with Crippen molar-refractivity contribution in [2.24, 2.45) is 0 Å². The summed E-state index contributed by atoms with van der Waals surface area (Å²) < 4.78 is 21.6. The summed E-state index contributed by atoms with van der Waals surface area (Å²) >= 11 is 6.76. The zero-order chi connectivity index (χ0) is 26.4. The van der Waals surface area contributed by atoms with Gasteiger partial charge in [0.05, 0.1) is 18.4 Å². The van der Waals surface area contributed by atoms with E-state index in [4.69, 9.17) is 17.0 Å². The van der Waals surface area contributed by atoms with Crippen molar-refractivity contribution in [3.8, 4) is 5.00 Å².